The van der Waals surface area contributed by atoms with Crippen LogP contribution in [0, 0.1) is 0 Å². The van der Waals surface area contributed by atoms with Gasteiger partial charge < -0.3 is 34.6 Å². The second kappa shape index (κ2) is 8.78. The normalized spacial score (nSPS) is 18.5. The highest BCUT2D eigenvalue weighted by atomic mass is 31.2. The minimum Gasteiger partial charge on any atom is -0.490 e. The Bertz CT molecular complexity index is 858. The first kappa shape index (κ1) is 22.6. The van der Waals surface area contributed by atoms with E-state index in [1.807, 2.05) is 0 Å². The Morgan fingerprint density at radius 1 is 1.39 bits per heavy atom. The highest BCUT2D eigenvalue weighted by molar-refractivity contribution is 7.54. The molecule has 13 heteroatoms. The summed E-state index contributed by atoms with van der Waals surface area (Å²) in [4.78, 5) is 17.6. The van der Waals surface area contributed by atoms with Crippen LogP contribution in [0.4, 0.5) is 0 Å². The fourth-order valence-electron chi connectivity index (χ4n) is 2.49. The Hall–Kier alpha value is -1.66. The fourth-order valence-corrected chi connectivity index (χ4v) is 3.49. The van der Waals surface area contributed by atoms with E-state index < -0.39 is 31.9 Å². The molecule has 0 spiro atoms. The summed E-state index contributed by atoms with van der Waals surface area (Å²) in [6.07, 6.45) is 0.156. The first-order chi connectivity index (χ1) is 13.1. The molecule has 2 aromatic heterocycles. The molecule has 28 heavy (non-hydrogen) atoms. The summed E-state index contributed by atoms with van der Waals surface area (Å²) < 4.78 is 25.4. The van der Waals surface area contributed by atoms with Crippen LogP contribution in [0.5, 0.6) is 5.88 Å². The molecule has 2 rings (SSSR count). The second-order valence-electron chi connectivity index (χ2n) is 6.44. The third kappa shape index (κ3) is 4.49. The van der Waals surface area contributed by atoms with Gasteiger partial charge >= 0.3 is 7.60 Å². The topological polar surface area (TPSA) is 171 Å². The van der Waals surface area contributed by atoms with Crippen LogP contribution in [0.15, 0.2) is 12.7 Å². The molecule has 0 fully saturated rings. The zero-order chi connectivity index (χ0) is 21.1. The predicted octanol–water partition coefficient (Wildman–Crippen LogP) is -0.850. The number of fused-ring (bicyclic) bond motifs is 1. The van der Waals surface area contributed by atoms with Gasteiger partial charge in [-0.05, 0) is 13.3 Å². The van der Waals surface area contributed by atoms with E-state index in [0.717, 1.165) is 6.33 Å². The molecular formula is C15H26N4O8P+. The Morgan fingerprint density at radius 2 is 2.07 bits per heavy atom. The molecule has 0 aliphatic heterocycles. The molecule has 0 aliphatic rings. The van der Waals surface area contributed by atoms with E-state index in [2.05, 4.69) is 9.97 Å². The molecule has 2 aromatic rings. The lowest BCUT2D eigenvalue weighted by Crippen LogP contribution is -2.32. The van der Waals surface area contributed by atoms with Crippen molar-refractivity contribution >= 4 is 18.8 Å². The third-order valence-electron chi connectivity index (χ3n) is 4.39. The van der Waals surface area contributed by atoms with Gasteiger partial charge in [0.15, 0.2) is 5.34 Å². The van der Waals surface area contributed by atoms with E-state index in [0.29, 0.717) is 0 Å². The summed E-state index contributed by atoms with van der Waals surface area (Å²) in [7, 11) is -2.67. The number of aliphatic hydroxyl groups is 3. The van der Waals surface area contributed by atoms with Gasteiger partial charge in [0.25, 0.3) is 17.0 Å². The Labute approximate surface area is 161 Å². The van der Waals surface area contributed by atoms with E-state index in [9.17, 15) is 29.9 Å². The zero-order valence-corrected chi connectivity index (χ0v) is 16.7. The quantitative estimate of drug-likeness (QED) is 0.185. The van der Waals surface area contributed by atoms with Crippen molar-refractivity contribution in [3.63, 3.8) is 0 Å². The van der Waals surface area contributed by atoms with Gasteiger partial charge in [-0.1, -0.05) is 6.92 Å². The minimum absolute atomic E-state index is 0.0164. The van der Waals surface area contributed by atoms with Crippen molar-refractivity contribution in [2.24, 2.45) is 7.05 Å². The molecule has 158 valence electrons. The van der Waals surface area contributed by atoms with Crippen molar-refractivity contribution in [3.05, 3.63) is 12.7 Å². The SMILES string of the molecule is CCC(C)(O)P(=O)(O)OCCO[C@H]([C@H](O)CO)n1c[n+](C)c2c(O)ncnc21. The largest absolute Gasteiger partial charge is 0.490 e. The molecular weight excluding hydrogens is 395 g/mol. The van der Waals surface area contributed by atoms with Crippen LogP contribution in [0.1, 0.15) is 26.5 Å². The van der Waals surface area contributed by atoms with Gasteiger partial charge in [0.05, 0.1) is 26.9 Å². The van der Waals surface area contributed by atoms with Crippen molar-refractivity contribution in [3.8, 4) is 5.88 Å². The molecule has 2 unspecified atom stereocenters. The lowest BCUT2D eigenvalue weighted by molar-refractivity contribution is -0.646. The van der Waals surface area contributed by atoms with Crippen molar-refractivity contribution in [2.45, 2.75) is 37.9 Å². The molecule has 0 bridgehead atoms. The summed E-state index contributed by atoms with van der Waals surface area (Å²) in [6, 6.07) is 0. The number of rotatable bonds is 10. The number of aryl methyl sites for hydroxylation is 1. The summed E-state index contributed by atoms with van der Waals surface area (Å²) in [5.41, 5.74) is 0.534. The van der Waals surface area contributed by atoms with E-state index >= 15 is 0 Å². The van der Waals surface area contributed by atoms with E-state index in [4.69, 9.17) is 9.26 Å². The van der Waals surface area contributed by atoms with Crippen LogP contribution >= 0.6 is 7.60 Å². The van der Waals surface area contributed by atoms with E-state index in [1.165, 1.54) is 22.4 Å². The molecule has 0 saturated heterocycles. The number of imidazole rings is 1. The first-order valence-corrected chi connectivity index (χ1v) is 10.1. The van der Waals surface area contributed by atoms with Crippen LogP contribution in [0.2, 0.25) is 0 Å². The van der Waals surface area contributed by atoms with Crippen LogP contribution < -0.4 is 4.57 Å². The number of hydrogen-bond acceptors (Lipinski definition) is 9. The van der Waals surface area contributed by atoms with Gasteiger partial charge in [-0.3, -0.25) is 4.57 Å². The average Bonchev–Trinajstić information content (AvgIpc) is 2.98. The van der Waals surface area contributed by atoms with Gasteiger partial charge in [-0.2, -0.15) is 14.5 Å². The number of nitrogens with zero attached hydrogens (tertiary/aromatic N) is 4. The molecule has 12 nitrogen and oxygen atoms in total. The van der Waals surface area contributed by atoms with E-state index in [1.54, 1.807) is 14.0 Å². The number of hydrogen-bond donors (Lipinski definition) is 5. The molecule has 0 aromatic carbocycles. The van der Waals surface area contributed by atoms with Gasteiger partial charge in [0.1, 0.15) is 12.4 Å². The first-order valence-electron chi connectivity index (χ1n) is 8.56. The van der Waals surface area contributed by atoms with Gasteiger partial charge in [-0.15, -0.1) is 0 Å². The van der Waals surface area contributed by atoms with Gasteiger partial charge in [-0.25, -0.2) is 4.57 Å². The van der Waals surface area contributed by atoms with Crippen LogP contribution in [0.3, 0.4) is 0 Å². The maximum Gasteiger partial charge on any atom is 0.359 e. The third-order valence-corrected chi connectivity index (χ3v) is 6.45. The molecule has 4 atom stereocenters. The molecule has 0 saturated carbocycles. The van der Waals surface area contributed by atoms with Crippen LogP contribution in [-0.4, -0.2) is 71.1 Å². The van der Waals surface area contributed by atoms with Crippen molar-refractivity contribution in [1.82, 2.24) is 14.5 Å². The Morgan fingerprint density at radius 3 is 2.68 bits per heavy atom. The van der Waals surface area contributed by atoms with Crippen LogP contribution in [0.25, 0.3) is 11.2 Å². The average molecular weight is 421 g/mol. The maximum atomic E-state index is 12.1. The standard InChI is InChI=1S/C15H25N4O8P/c1-4-15(2,23)28(24,25)27-6-5-26-14(10(21)7-20)19-9-18(3)11-12(19)16-8-17-13(11)22/h8-10,14,20-21,23H,4-7H2,1-3H3,(H-,16,17,22,24,25)/p+1/t10-,14-,15?/m1/s1. The van der Waals surface area contributed by atoms with E-state index in [-0.39, 0.29) is 36.7 Å². The lowest BCUT2D eigenvalue weighted by Gasteiger charge is -2.27. The fraction of sp³-hybridized carbons (Fsp3) is 0.667. The van der Waals surface area contributed by atoms with Crippen LogP contribution in [-0.2, 0) is 20.9 Å². The highest BCUT2D eigenvalue weighted by Gasteiger charge is 2.41. The summed E-state index contributed by atoms with van der Waals surface area (Å²) in [6.45, 7) is 1.54. The number of ether oxygens (including phenoxy) is 1. The number of aliphatic hydroxyl groups excluding tert-OH is 2. The summed E-state index contributed by atoms with van der Waals surface area (Å²) in [5, 5.41) is 37.4. The number of aromatic hydroxyl groups is 1. The molecule has 0 radical (unpaired) electrons. The van der Waals surface area contributed by atoms with Crippen molar-refractivity contribution in [2.75, 3.05) is 19.8 Å². The van der Waals surface area contributed by atoms with Gasteiger partial charge in [0, 0.05) is 0 Å². The minimum atomic E-state index is -4.30. The molecule has 5 N–H and O–H groups in total. The van der Waals surface area contributed by atoms with Crippen molar-refractivity contribution in [1.29, 1.82) is 0 Å². The monoisotopic (exact) mass is 421 g/mol. The van der Waals surface area contributed by atoms with Crippen molar-refractivity contribution < 1.29 is 43.7 Å². The Balaban J connectivity index is 2.17. The highest BCUT2D eigenvalue weighted by Crippen LogP contribution is 2.55. The summed E-state index contributed by atoms with van der Waals surface area (Å²) >= 11 is 0. The Kier molecular flexibility index (Phi) is 7.10. The number of aromatic nitrogens is 4. The molecule has 2 heterocycles. The smallest absolute Gasteiger partial charge is 0.359 e. The summed E-state index contributed by atoms with van der Waals surface area (Å²) in [5.74, 6) is -0.269. The molecule has 0 amide bonds. The molecule has 0 aliphatic carbocycles. The van der Waals surface area contributed by atoms with Gasteiger partial charge in [0.2, 0.25) is 12.6 Å². The zero-order valence-electron chi connectivity index (χ0n) is 15.8. The lowest BCUT2D eigenvalue weighted by atomic mass is 10.3. The maximum absolute atomic E-state index is 12.1. The predicted molar refractivity (Wildman–Crippen MR) is 95.1 cm³/mol. The second-order valence-corrected chi connectivity index (χ2v) is 8.70.